The van der Waals surface area contributed by atoms with Crippen LogP contribution in [0.1, 0.15) is 12.0 Å². The average molecular weight is 274 g/mol. The van der Waals surface area contributed by atoms with Crippen LogP contribution < -0.4 is 0 Å². The van der Waals surface area contributed by atoms with Crippen molar-refractivity contribution in [3.05, 3.63) is 35.9 Å². The number of likely N-dealkylation sites (tertiary alicyclic amines) is 1. The molecule has 106 valence electrons. The van der Waals surface area contributed by atoms with E-state index in [2.05, 4.69) is 4.99 Å². The van der Waals surface area contributed by atoms with E-state index in [1.54, 1.807) is 4.90 Å². The lowest BCUT2D eigenvalue weighted by molar-refractivity contribution is 0.103. The Hall–Kier alpha value is -2.04. The Kier molecular flexibility index (Phi) is 3.85. The number of ether oxygens (including phenoxy) is 2. The Bertz CT molecular complexity index is 501. The molecule has 1 unspecified atom stereocenters. The van der Waals surface area contributed by atoms with Crippen molar-refractivity contribution >= 4 is 12.0 Å². The molecule has 1 saturated heterocycles. The van der Waals surface area contributed by atoms with Crippen molar-refractivity contribution < 1.29 is 14.3 Å². The molecule has 2 aliphatic rings. The monoisotopic (exact) mass is 274 g/mol. The highest BCUT2D eigenvalue weighted by molar-refractivity contribution is 5.81. The van der Waals surface area contributed by atoms with Crippen molar-refractivity contribution in [2.75, 3.05) is 26.2 Å². The van der Waals surface area contributed by atoms with Gasteiger partial charge in [0.1, 0.15) is 13.2 Å². The molecule has 1 atom stereocenters. The second-order valence-electron chi connectivity index (χ2n) is 5.04. The summed E-state index contributed by atoms with van der Waals surface area (Å²) in [5, 5.41) is 0. The Morgan fingerprint density at radius 2 is 2.25 bits per heavy atom. The molecule has 0 radical (unpaired) electrons. The first-order valence-electron chi connectivity index (χ1n) is 6.96. The maximum Gasteiger partial charge on any atom is 0.410 e. The quantitative estimate of drug-likeness (QED) is 0.848. The molecule has 0 aliphatic carbocycles. The lowest BCUT2D eigenvalue weighted by Gasteiger charge is -2.16. The number of hydrogen-bond donors (Lipinski definition) is 0. The summed E-state index contributed by atoms with van der Waals surface area (Å²) in [6.45, 7) is 3.08. The largest absolute Gasteiger partial charge is 0.479 e. The van der Waals surface area contributed by atoms with Crippen molar-refractivity contribution in [3.8, 4) is 0 Å². The minimum absolute atomic E-state index is 0.238. The molecule has 5 heteroatoms. The molecule has 2 heterocycles. The van der Waals surface area contributed by atoms with Crippen LogP contribution >= 0.6 is 0 Å². The predicted molar refractivity (Wildman–Crippen MR) is 74.6 cm³/mol. The summed E-state index contributed by atoms with van der Waals surface area (Å²) in [5.41, 5.74) is 1.00. The number of rotatable bonds is 3. The summed E-state index contributed by atoms with van der Waals surface area (Å²) in [7, 11) is 0. The fraction of sp³-hybridized carbons (Fsp3) is 0.467. The van der Waals surface area contributed by atoms with Crippen molar-refractivity contribution in [2.45, 2.75) is 13.0 Å². The fourth-order valence-electron chi connectivity index (χ4n) is 2.54. The number of aliphatic imine (C=N–C) groups is 1. The lowest BCUT2D eigenvalue weighted by atomic mass is 10.1. The third-order valence-corrected chi connectivity index (χ3v) is 3.61. The molecule has 20 heavy (non-hydrogen) atoms. The molecule has 2 aliphatic heterocycles. The minimum Gasteiger partial charge on any atom is -0.479 e. The molecule has 0 spiro atoms. The van der Waals surface area contributed by atoms with Crippen LogP contribution in [-0.4, -0.2) is 43.1 Å². The van der Waals surface area contributed by atoms with Crippen molar-refractivity contribution in [3.63, 3.8) is 0 Å². The van der Waals surface area contributed by atoms with Crippen LogP contribution in [0.3, 0.4) is 0 Å². The first-order chi connectivity index (χ1) is 9.83. The van der Waals surface area contributed by atoms with Gasteiger partial charge in [0.25, 0.3) is 0 Å². The van der Waals surface area contributed by atoms with E-state index in [0.717, 1.165) is 24.4 Å². The van der Waals surface area contributed by atoms with Gasteiger partial charge in [0.15, 0.2) is 5.90 Å². The highest BCUT2D eigenvalue weighted by atomic mass is 16.6. The van der Waals surface area contributed by atoms with Crippen LogP contribution in [0.4, 0.5) is 4.79 Å². The number of hydrogen-bond acceptors (Lipinski definition) is 4. The standard InChI is InChI=1S/C15H18N2O3/c18-15(20-11-12-4-2-1-3-5-12)17-8-6-13(10-17)14-16-7-9-19-14/h1-5,13H,6-11H2. The van der Waals surface area contributed by atoms with Gasteiger partial charge in [0, 0.05) is 13.1 Å². The van der Waals surface area contributed by atoms with E-state index in [0.29, 0.717) is 26.3 Å². The van der Waals surface area contributed by atoms with Gasteiger partial charge >= 0.3 is 6.09 Å². The molecule has 1 fully saturated rings. The number of nitrogens with zero attached hydrogens (tertiary/aromatic N) is 2. The first-order valence-corrected chi connectivity index (χ1v) is 6.96. The maximum atomic E-state index is 12.0. The first kappa shape index (κ1) is 13.0. The van der Waals surface area contributed by atoms with Gasteiger partial charge in [-0.15, -0.1) is 0 Å². The number of amides is 1. The van der Waals surface area contributed by atoms with Crippen LogP contribution in [-0.2, 0) is 16.1 Å². The number of carbonyl (C=O) groups is 1. The van der Waals surface area contributed by atoms with Gasteiger partial charge in [-0.2, -0.15) is 0 Å². The maximum absolute atomic E-state index is 12.0. The molecule has 0 saturated carbocycles. The summed E-state index contributed by atoms with van der Waals surface area (Å²) in [5.74, 6) is 1.05. The van der Waals surface area contributed by atoms with E-state index in [4.69, 9.17) is 9.47 Å². The normalized spacial score (nSPS) is 21.5. The van der Waals surface area contributed by atoms with Gasteiger partial charge in [0.2, 0.25) is 0 Å². The number of benzene rings is 1. The zero-order valence-corrected chi connectivity index (χ0v) is 11.3. The Labute approximate surface area is 118 Å². The molecule has 0 bridgehead atoms. The van der Waals surface area contributed by atoms with E-state index >= 15 is 0 Å². The van der Waals surface area contributed by atoms with Gasteiger partial charge in [0.05, 0.1) is 12.5 Å². The SMILES string of the molecule is O=C(OCc1ccccc1)N1CCC(C2=NCCO2)C1. The van der Waals surface area contributed by atoms with E-state index in [-0.39, 0.29) is 12.0 Å². The summed E-state index contributed by atoms with van der Waals surface area (Å²) >= 11 is 0. The van der Waals surface area contributed by atoms with Gasteiger partial charge in [-0.1, -0.05) is 30.3 Å². The van der Waals surface area contributed by atoms with Crippen LogP contribution in [0.5, 0.6) is 0 Å². The molecule has 0 N–H and O–H groups in total. The highest BCUT2D eigenvalue weighted by Gasteiger charge is 2.32. The van der Waals surface area contributed by atoms with Crippen LogP contribution in [0.15, 0.2) is 35.3 Å². The summed E-state index contributed by atoms with van der Waals surface area (Å²) < 4.78 is 10.8. The Morgan fingerprint density at radius 1 is 1.40 bits per heavy atom. The zero-order valence-electron chi connectivity index (χ0n) is 11.3. The third kappa shape index (κ3) is 2.92. The number of carbonyl (C=O) groups excluding carboxylic acids is 1. The van der Waals surface area contributed by atoms with E-state index in [9.17, 15) is 4.79 Å². The molecule has 1 aromatic carbocycles. The van der Waals surface area contributed by atoms with Gasteiger partial charge in [-0.25, -0.2) is 4.79 Å². The Balaban J connectivity index is 1.49. The lowest BCUT2D eigenvalue weighted by Crippen LogP contribution is -2.30. The highest BCUT2D eigenvalue weighted by Crippen LogP contribution is 2.21. The molecule has 1 amide bonds. The van der Waals surface area contributed by atoms with Crippen molar-refractivity contribution in [2.24, 2.45) is 10.9 Å². The van der Waals surface area contributed by atoms with Gasteiger partial charge < -0.3 is 14.4 Å². The summed E-state index contributed by atoms with van der Waals surface area (Å²) in [4.78, 5) is 18.1. The predicted octanol–water partition coefficient (Wildman–Crippen LogP) is 2.07. The van der Waals surface area contributed by atoms with E-state index in [1.807, 2.05) is 30.3 Å². The zero-order chi connectivity index (χ0) is 13.8. The van der Waals surface area contributed by atoms with Crippen molar-refractivity contribution in [1.82, 2.24) is 4.90 Å². The molecule has 1 aromatic rings. The average Bonchev–Trinajstić information content (AvgIpc) is 3.16. The van der Waals surface area contributed by atoms with Crippen LogP contribution in [0.2, 0.25) is 0 Å². The summed E-state index contributed by atoms with van der Waals surface area (Å²) in [6.07, 6.45) is 0.647. The molecular formula is C15H18N2O3. The minimum atomic E-state index is -0.255. The second kappa shape index (κ2) is 5.94. The van der Waals surface area contributed by atoms with Crippen molar-refractivity contribution in [1.29, 1.82) is 0 Å². The van der Waals surface area contributed by atoms with Gasteiger partial charge in [-0.05, 0) is 12.0 Å². The molecule has 0 aromatic heterocycles. The topological polar surface area (TPSA) is 51.1 Å². The molecule has 3 rings (SSSR count). The van der Waals surface area contributed by atoms with Crippen LogP contribution in [0, 0.1) is 5.92 Å². The Morgan fingerprint density at radius 3 is 3.00 bits per heavy atom. The van der Waals surface area contributed by atoms with Gasteiger partial charge in [-0.3, -0.25) is 4.99 Å². The second-order valence-corrected chi connectivity index (χ2v) is 5.04. The molecular weight excluding hydrogens is 256 g/mol. The third-order valence-electron chi connectivity index (χ3n) is 3.61. The molecule has 5 nitrogen and oxygen atoms in total. The van der Waals surface area contributed by atoms with E-state index < -0.39 is 0 Å². The summed E-state index contributed by atoms with van der Waals surface area (Å²) in [6, 6.07) is 9.70. The smallest absolute Gasteiger partial charge is 0.410 e. The van der Waals surface area contributed by atoms with E-state index in [1.165, 1.54) is 0 Å². The van der Waals surface area contributed by atoms with Crippen LogP contribution in [0.25, 0.3) is 0 Å². The fourth-order valence-corrected chi connectivity index (χ4v) is 2.54.